The van der Waals surface area contributed by atoms with Gasteiger partial charge < -0.3 is 28.8 Å². The number of hydrogen-bond acceptors (Lipinski definition) is 8. The molecule has 0 heterocycles. The molecule has 0 aliphatic rings. The zero-order chi connectivity index (χ0) is 28.2. The zero-order valence-corrected chi connectivity index (χ0v) is 24.1. The number of rotatable bonds is 23. The summed E-state index contributed by atoms with van der Waals surface area (Å²) in [6, 6.07) is 5.71. The molecule has 0 saturated heterocycles. The van der Waals surface area contributed by atoms with Crippen LogP contribution in [0.5, 0.6) is 0 Å². The van der Waals surface area contributed by atoms with E-state index in [1.807, 2.05) is 0 Å². The van der Waals surface area contributed by atoms with Gasteiger partial charge in [-0.2, -0.15) is 0 Å². The molecule has 8 nitrogen and oxygen atoms in total. The molecule has 1 aromatic carbocycles. The Balaban J connectivity index is 2.61. The maximum Gasteiger partial charge on any atom is 0.341 e. The van der Waals surface area contributed by atoms with E-state index in [1.54, 1.807) is 19.9 Å². The Labute approximate surface area is 229 Å². The van der Waals surface area contributed by atoms with Gasteiger partial charge >= 0.3 is 5.97 Å². The summed E-state index contributed by atoms with van der Waals surface area (Å²) in [5, 5.41) is 11.3. The number of ether oxygens (including phenoxy) is 5. The van der Waals surface area contributed by atoms with E-state index in [0.717, 1.165) is 25.7 Å². The van der Waals surface area contributed by atoms with E-state index >= 15 is 0 Å². The minimum Gasteiger partial charge on any atom is -0.545 e. The number of esters is 1. The van der Waals surface area contributed by atoms with Crippen LogP contribution < -0.4 is 5.11 Å². The molecule has 0 N–H and O–H groups in total. The summed E-state index contributed by atoms with van der Waals surface area (Å²) in [6.45, 7) is 10.3. The quantitative estimate of drug-likeness (QED) is 0.0902. The van der Waals surface area contributed by atoms with Crippen molar-refractivity contribution in [2.45, 2.75) is 130 Å². The third-order valence-corrected chi connectivity index (χ3v) is 6.13. The van der Waals surface area contributed by atoms with Crippen LogP contribution in [-0.2, 0) is 23.7 Å². The van der Waals surface area contributed by atoms with Gasteiger partial charge in [0.05, 0.1) is 24.7 Å². The molecule has 0 saturated carbocycles. The Morgan fingerprint density at radius 2 is 1.24 bits per heavy atom. The molecule has 0 radical (unpaired) electrons. The number of hydrogen-bond donors (Lipinski definition) is 0. The minimum atomic E-state index is -1.45. The van der Waals surface area contributed by atoms with Crippen LogP contribution in [0, 0.1) is 0 Å². The second-order valence-electron chi connectivity index (χ2n) is 9.72. The Hall–Kier alpha value is -2.00. The molecule has 8 heteroatoms. The summed E-state index contributed by atoms with van der Waals surface area (Å²) in [5.74, 6) is -3.59. The number of carbonyl (C=O) groups is 2. The molecule has 0 aliphatic carbocycles. The van der Waals surface area contributed by atoms with Gasteiger partial charge in [-0.1, -0.05) is 96.3 Å². The maximum absolute atomic E-state index is 12.5. The molecule has 0 aliphatic heterocycles. The van der Waals surface area contributed by atoms with Gasteiger partial charge in [0, 0.05) is 12.5 Å². The molecular formula is C30H49O8-. The highest BCUT2D eigenvalue weighted by molar-refractivity contribution is 6.01. The van der Waals surface area contributed by atoms with Gasteiger partial charge in [-0.25, -0.2) is 4.79 Å². The Morgan fingerprint density at radius 1 is 0.763 bits per heavy atom. The fourth-order valence-electron chi connectivity index (χ4n) is 4.07. The zero-order valence-electron chi connectivity index (χ0n) is 24.1. The maximum atomic E-state index is 12.5. The van der Waals surface area contributed by atoms with E-state index < -0.39 is 30.5 Å². The Morgan fingerprint density at radius 3 is 1.74 bits per heavy atom. The second-order valence-corrected chi connectivity index (χ2v) is 9.72. The largest absolute Gasteiger partial charge is 0.545 e. The van der Waals surface area contributed by atoms with Crippen LogP contribution in [0.3, 0.4) is 0 Å². The van der Waals surface area contributed by atoms with E-state index in [4.69, 9.17) is 23.7 Å². The van der Waals surface area contributed by atoms with Crippen molar-refractivity contribution in [3.63, 3.8) is 0 Å². The molecule has 1 rings (SSSR count). The first-order chi connectivity index (χ1) is 18.2. The smallest absolute Gasteiger partial charge is 0.341 e. The third-order valence-electron chi connectivity index (χ3n) is 6.13. The normalized spacial score (nSPS) is 13.3. The molecule has 0 spiro atoms. The van der Waals surface area contributed by atoms with Crippen molar-refractivity contribution in [2.75, 3.05) is 13.2 Å². The predicted octanol–water partition coefficient (Wildman–Crippen LogP) is 6.36. The lowest BCUT2D eigenvalue weighted by Gasteiger charge is -2.33. The van der Waals surface area contributed by atoms with Crippen molar-refractivity contribution in [1.82, 2.24) is 0 Å². The summed E-state index contributed by atoms with van der Waals surface area (Å²) in [6.07, 6.45) is 11.9. The highest BCUT2D eigenvalue weighted by Crippen LogP contribution is 2.21. The van der Waals surface area contributed by atoms with Crippen molar-refractivity contribution in [3.8, 4) is 0 Å². The fourth-order valence-corrected chi connectivity index (χ4v) is 4.07. The van der Waals surface area contributed by atoms with Crippen LogP contribution in [-0.4, -0.2) is 43.7 Å². The molecule has 2 unspecified atom stereocenters. The van der Waals surface area contributed by atoms with E-state index in [2.05, 4.69) is 13.8 Å². The van der Waals surface area contributed by atoms with Crippen LogP contribution in [0.15, 0.2) is 24.3 Å². The van der Waals surface area contributed by atoms with E-state index in [1.165, 1.54) is 76.5 Å². The van der Waals surface area contributed by atoms with Crippen LogP contribution in [0.4, 0.5) is 0 Å². The summed E-state index contributed by atoms with van der Waals surface area (Å²) in [4.78, 5) is 23.8. The van der Waals surface area contributed by atoms with Crippen molar-refractivity contribution in [3.05, 3.63) is 35.4 Å². The molecule has 1 aromatic rings. The second kappa shape index (κ2) is 20.0. The number of carbonyl (C=O) groups excluding carboxylic acids is 2. The van der Waals surface area contributed by atoms with Crippen LogP contribution >= 0.6 is 0 Å². The van der Waals surface area contributed by atoms with Crippen molar-refractivity contribution < 1.29 is 38.4 Å². The first-order valence-corrected chi connectivity index (χ1v) is 14.3. The lowest BCUT2D eigenvalue weighted by Crippen LogP contribution is -2.41. The van der Waals surface area contributed by atoms with Gasteiger partial charge in [0.1, 0.15) is 0 Å². The van der Waals surface area contributed by atoms with Crippen LogP contribution in [0.1, 0.15) is 132 Å². The van der Waals surface area contributed by atoms with Gasteiger partial charge in [0.25, 0.3) is 5.97 Å². The lowest BCUT2D eigenvalue weighted by atomic mass is 10.1. The average Bonchev–Trinajstić information content (AvgIpc) is 2.87. The molecule has 38 heavy (non-hydrogen) atoms. The summed E-state index contributed by atoms with van der Waals surface area (Å²) in [5.41, 5.74) is -0.348. The number of unbranched alkanes of at least 4 members (excludes halogenated alkanes) is 10. The number of carboxylic acid groups (broad SMARTS) is 1. The van der Waals surface area contributed by atoms with E-state index in [-0.39, 0.29) is 11.1 Å². The standard InChI is InChI=1S/C30H50O8/c1-6-8-10-12-14-18-22-34-30(5,35-23-19-15-13-11-9-7-2)38-25(4)36-24(3)37-29(33)27-21-17-16-20-26(27)28(31)32/h16-17,20-21,24-25H,6-15,18-19,22-23H2,1-5H3,(H,31,32)/p-1. The van der Waals surface area contributed by atoms with Gasteiger partial charge in [0.2, 0.25) is 6.29 Å². The van der Waals surface area contributed by atoms with Crippen molar-refractivity contribution in [1.29, 1.82) is 0 Å². The van der Waals surface area contributed by atoms with Crippen LogP contribution in [0.2, 0.25) is 0 Å². The number of aromatic carboxylic acids is 1. The first-order valence-electron chi connectivity index (χ1n) is 14.3. The molecule has 2 atom stereocenters. The summed E-state index contributed by atoms with van der Waals surface area (Å²) < 4.78 is 29.0. The monoisotopic (exact) mass is 537 g/mol. The summed E-state index contributed by atoms with van der Waals surface area (Å²) in [7, 11) is 0. The molecule has 218 valence electrons. The van der Waals surface area contributed by atoms with Gasteiger partial charge in [-0.15, -0.1) is 0 Å². The molecule has 0 amide bonds. The van der Waals surface area contributed by atoms with Crippen molar-refractivity contribution in [2.24, 2.45) is 0 Å². The third kappa shape index (κ3) is 14.8. The van der Waals surface area contributed by atoms with Crippen LogP contribution in [0.25, 0.3) is 0 Å². The fraction of sp³-hybridized carbons (Fsp3) is 0.733. The number of benzene rings is 1. The first kappa shape index (κ1) is 34.0. The van der Waals surface area contributed by atoms with Gasteiger partial charge in [-0.3, -0.25) is 4.74 Å². The predicted molar refractivity (Wildman–Crippen MR) is 144 cm³/mol. The molecular weight excluding hydrogens is 488 g/mol. The highest BCUT2D eigenvalue weighted by atomic mass is 16.9. The lowest BCUT2D eigenvalue weighted by molar-refractivity contribution is -0.415. The van der Waals surface area contributed by atoms with Crippen molar-refractivity contribution >= 4 is 11.9 Å². The number of carboxylic acids is 1. The molecule has 0 bridgehead atoms. The highest BCUT2D eigenvalue weighted by Gasteiger charge is 2.31. The average molecular weight is 538 g/mol. The summed E-state index contributed by atoms with van der Waals surface area (Å²) >= 11 is 0. The molecule has 0 fully saturated rings. The Bertz CT molecular complexity index is 763. The molecule has 0 aromatic heterocycles. The minimum absolute atomic E-state index is 0.106. The van der Waals surface area contributed by atoms with Gasteiger partial charge in [0.15, 0.2) is 6.29 Å². The Kier molecular flexibility index (Phi) is 17.9. The van der Waals surface area contributed by atoms with Gasteiger partial charge in [-0.05, 0) is 32.8 Å². The van der Waals surface area contributed by atoms with E-state index in [9.17, 15) is 14.7 Å². The topological polar surface area (TPSA) is 103 Å². The SMILES string of the molecule is CCCCCCCCOC(C)(OCCCCCCCC)OC(C)OC(C)OC(=O)c1ccccc1C(=O)[O-]. The van der Waals surface area contributed by atoms with E-state index in [0.29, 0.717) is 13.2 Å².